The number of nitrogens with zero attached hydrogens (tertiary/aromatic N) is 1. The van der Waals surface area contributed by atoms with Gasteiger partial charge in [0.05, 0.1) is 18.8 Å². The Balaban J connectivity index is 1.84. The molecule has 0 aliphatic heterocycles. The number of carbonyl (C=O) groups is 2. The van der Waals surface area contributed by atoms with Crippen molar-refractivity contribution in [1.82, 2.24) is 10.3 Å². The number of furan rings is 1. The van der Waals surface area contributed by atoms with Crippen LogP contribution in [0.15, 0.2) is 28.2 Å². The zero-order chi connectivity index (χ0) is 16.1. The number of nitrogens with one attached hydrogen (secondary N) is 2. The average Bonchev–Trinajstić information content (AvgIpc) is 3.14. The predicted octanol–water partition coefficient (Wildman–Crippen LogP) is 1.44. The van der Waals surface area contributed by atoms with Gasteiger partial charge in [0.15, 0.2) is 10.9 Å². The molecule has 0 aliphatic carbocycles. The molecule has 0 saturated heterocycles. The van der Waals surface area contributed by atoms with E-state index in [0.717, 1.165) is 0 Å². The van der Waals surface area contributed by atoms with E-state index in [1.54, 1.807) is 23.8 Å². The van der Waals surface area contributed by atoms with Gasteiger partial charge in [0.2, 0.25) is 11.8 Å². The molecule has 0 spiro atoms. The van der Waals surface area contributed by atoms with E-state index in [-0.39, 0.29) is 24.3 Å². The molecule has 118 valence electrons. The average molecular weight is 322 g/mol. The molecule has 0 saturated carbocycles. The van der Waals surface area contributed by atoms with Crippen molar-refractivity contribution < 1.29 is 14.0 Å². The maximum absolute atomic E-state index is 11.8. The minimum absolute atomic E-state index is 0.0119. The molecule has 4 N–H and O–H groups in total. The smallest absolute Gasteiger partial charge is 0.245 e. The van der Waals surface area contributed by atoms with E-state index in [0.29, 0.717) is 16.6 Å². The summed E-state index contributed by atoms with van der Waals surface area (Å²) in [6.07, 6.45) is 1.56. The Morgan fingerprint density at radius 3 is 2.86 bits per heavy atom. The molecule has 2 amide bonds. The molecule has 2 heterocycles. The standard InChI is InChI=1S/C14H18N4O3S/c1-8(2)12(15)13(20)16-6-11(19)18-14-17-9(7-22-14)10-4-3-5-21-10/h3-5,7-8,12H,6,15H2,1-2H3,(H,16,20)(H,17,18,19)/t12-/m0/s1. The summed E-state index contributed by atoms with van der Waals surface area (Å²) in [5.74, 6) is -0.0592. The molecule has 22 heavy (non-hydrogen) atoms. The summed E-state index contributed by atoms with van der Waals surface area (Å²) in [5, 5.41) is 7.34. The van der Waals surface area contributed by atoms with E-state index >= 15 is 0 Å². The highest BCUT2D eigenvalue weighted by molar-refractivity contribution is 7.14. The number of aromatic nitrogens is 1. The molecule has 2 aromatic rings. The van der Waals surface area contributed by atoms with Gasteiger partial charge >= 0.3 is 0 Å². The van der Waals surface area contributed by atoms with Crippen molar-refractivity contribution in [1.29, 1.82) is 0 Å². The molecule has 0 radical (unpaired) electrons. The summed E-state index contributed by atoms with van der Waals surface area (Å²) in [7, 11) is 0. The Labute approximate surface area is 131 Å². The lowest BCUT2D eigenvalue weighted by molar-refractivity contribution is -0.125. The fraction of sp³-hybridized carbons (Fsp3) is 0.357. The van der Waals surface area contributed by atoms with Crippen LogP contribution < -0.4 is 16.4 Å². The van der Waals surface area contributed by atoms with Gasteiger partial charge < -0.3 is 20.8 Å². The van der Waals surface area contributed by atoms with Crippen LogP contribution in [0.3, 0.4) is 0 Å². The first-order valence-electron chi connectivity index (χ1n) is 6.80. The van der Waals surface area contributed by atoms with E-state index in [2.05, 4.69) is 15.6 Å². The first-order valence-corrected chi connectivity index (χ1v) is 7.68. The van der Waals surface area contributed by atoms with Gasteiger partial charge in [0.25, 0.3) is 0 Å². The van der Waals surface area contributed by atoms with Crippen molar-refractivity contribution in [3.63, 3.8) is 0 Å². The van der Waals surface area contributed by atoms with Gasteiger partial charge in [0.1, 0.15) is 5.69 Å². The summed E-state index contributed by atoms with van der Waals surface area (Å²) in [4.78, 5) is 27.7. The maximum Gasteiger partial charge on any atom is 0.245 e. The van der Waals surface area contributed by atoms with Gasteiger partial charge in [-0.1, -0.05) is 13.8 Å². The number of hydrogen-bond acceptors (Lipinski definition) is 6. The van der Waals surface area contributed by atoms with Crippen LogP contribution in [0.5, 0.6) is 0 Å². The number of carbonyl (C=O) groups excluding carboxylic acids is 2. The topological polar surface area (TPSA) is 110 Å². The second-order valence-electron chi connectivity index (χ2n) is 5.05. The van der Waals surface area contributed by atoms with Crippen molar-refractivity contribution in [2.75, 3.05) is 11.9 Å². The highest BCUT2D eigenvalue weighted by atomic mass is 32.1. The van der Waals surface area contributed by atoms with Gasteiger partial charge in [0, 0.05) is 5.38 Å². The summed E-state index contributed by atoms with van der Waals surface area (Å²) >= 11 is 1.28. The molecular formula is C14H18N4O3S. The van der Waals surface area contributed by atoms with Crippen LogP contribution in [-0.2, 0) is 9.59 Å². The minimum Gasteiger partial charge on any atom is -0.463 e. The summed E-state index contributed by atoms with van der Waals surface area (Å²) in [5.41, 5.74) is 6.34. The van der Waals surface area contributed by atoms with Crippen molar-refractivity contribution in [2.24, 2.45) is 11.7 Å². The Bertz CT molecular complexity index is 636. The number of rotatable bonds is 6. The van der Waals surface area contributed by atoms with Crippen LogP contribution in [0.25, 0.3) is 11.5 Å². The summed E-state index contributed by atoms with van der Waals surface area (Å²) < 4.78 is 5.23. The monoisotopic (exact) mass is 322 g/mol. The SMILES string of the molecule is CC(C)[C@H](N)C(=O)NCC(=O)Nc1nc(-c2ccco2)cs1. The van der Waals surface area contributed by atoms with E-state index in [4.69, 9.17) is 10.2 Å². The van der Waals surface area contributed by atoms with Crippen LogP contribution in [-0.4, -0.2) is 29.4 Å². The molecule has 0 aromatic carbocycles. The fourth-order valence-electron chi connectivity index (χ4n) is 1.62. The van der Waals surface area contributed by atoms with E-state index in [1.807, 2.05) is 13.8 Å². The molecule has 8 heteroatoms. The van der Waals surface area contributed by atoms with Gasteiger partial charge in [-0.2, -0.15) is 0 Å². The maximum atomic E-state index is 11.8. The number of nitrogens with two attached hydrogens (primary N) is 1. The molecule has 1 atom stereocenters. The van der Waals surface area contributed by atoms with E-state index < -0.39 is 6.04 Å². The highest BCUT2D eigenvalue weighted by Crippen LogP contribution is 2.24. The Morgan fingerprint density at radius 2 is 2.23 bits per heavy atom. The van der Waals surface area contributed by atoms with Crippen LogP contribution in [0, 0.1) is 5.92 Å². The lowest BCUT2D eigenvalue weighted by Gasteiger charge is -2.14. The van der Waals surface area contributed by atoms with Gasteiger partial charge in [-0.15, -0.1) is 11.3 Å². The van der Waals surface area contributed by atoms with Crippen molar-refractivity contribution in [3.8, 4) is 11.5 Å². The van der Waals surface area contributed by atoms with Crippen molar-refractivity contribution >= 4 is 28.3 Å². The fourth-order valence-corrected chi connectivity index (χ4v) is 2.34. The van der Waals surface area contributed by atoms with Crippen LogP contribution in [0.2, 0.25) is 0 Å². The van der Waals surface area contributed by atoms with E-state index in [1.165, 1.54) is 11.3 Å². The van der Waals surface area contributed by atoms with Gasteiger partial charge in [-0.05, 0) is 18.1 Å². The lowest BCUT2D eigenvalue weighted by Crippen LogP contribution is -2.46. The molecule has 0 fully saturated rings. The zero-order valence-corrected chi connectivity index (χ0v) is 13.1. The Morgan fingerprint density at radius 1 is 1.45 bits per heavy atom. The summed E-state index contributed by atoms with van der Waals surface area (Å²) in [6, 6.07) is 2.92. The molecule has 2 aromatic heterocycles. The zero-order valence-electron chi connectivity index (χ0n) is 12.3. The van der Waals surface area contributed by atoms with E-state index in [9.17, 15) is 9.59 Å². The molecule has 0 bridgehead atoms. The third-order valence-corrected chi connectivity index (χ3v) is 3.73. The molecule has 0 aliphatic rings. The third-order valence-electron chi connectivity index (χ3n) is 2.97. The number of amides is 2. The lowest BCUT2D eigenvalue weighted by atomic mass is 10.1. The molecular weight excluding hydrogens is 304 g/mol. The first-order chi connectivity index (χ1) is 10.5. The normalized spacial score (nSPS) is 12.2. The third kappa shape index (κ3) is 4.15. The molecule has 2 rings (SSSR count). The minimum atomic E-state index is -0.627. The van der Waals surface area contributed by atoms with Gasteiger partial charge in [-0.25, -0.2) is 4.98 Å². The number of hydrogen-bond donors (Lipinski definition) is 3. The van der Waals surface area contributed by atoms with Gasteiger partial charge in [-0.3, -0.25) is 9.59 Å². The van der Waals surface area contributed by atoms with Crippen LogP contribution in [0.1, 0.15) is 13.8 Å². The highest BCUT2D eigenvalue weighted by Gasteiger charge is 2.18. The molecule has 0 unspecified atom stereocenters. The largest absolute Gasteiger partial charge is 0.463 e. The summed E-state index contributed by atoms with van der Waals surface area (Å²) in [6.45, 7) is 3.54. The quantitative estimate of drug-likeness (QED) is 0.745. The Hall–Kier alpha value is -2.19. The van der Waals surface area contributed by atoms with Crippen molar-refractivity contribution in [2.45, 2.75) is 19.9 Å². The van der Waals surface area contributed by atoms with Crippen molar-refractivity contribution in [3.05, 3.63) is 23.8 Å². The Kier molecular flexibility index (Phi) is 5.29. The predicted molar refractivity (Wildman–Crippen MR) is 84.3 cm³/mol. The van der Waals surface area contributed by atoms with Crippen LogP contribution >= 0.6 is 11.3 Å². The van der Waals surface area contributed by atoms with Crippen LogP contribution in [0.4, 0.5) is 5.13 Å². The first kappa shape index (κ1) is 16.2. The number of anilines is 1. The second kappa shape index (κ2) is 7.19. The molecule has 7 nitrogen and oxygen atoms in total. The number of thiazole rings is 1. The second-order valence-corrected chi connectivity index (χ2v) is 5.91.